The number of rotatable bonds is 5. The summed E-state index contributed by atoms with van der Waals surface area (Å²) in [6.45, 7) is 1.87. The van der Waals surface area contributed by atoms with Gasteiger partial charge in [-0.15, -0.1) is 0 Å². The van der Waals surface area contributed by atoms with E-state index in [1.807, 2.05) is 79.7 Å². The van der Waals surface area contributed by atoms with E-state index in [9.17, 15) is 9.90 Å². The zero-order valence-electron chi connectivity index (χ0n) is 15.5. The molecule has 1 heterocycles. The van der Waals surface area contributed by atoms with Crippen molar-refractivity contribution in [1.82, 2.24) is 0 Å². The van der Waals surface area contributed by atoms with Crippen LogP contribution in [0, 0.1) is 6.92 Å². The van der Waals surface area contributed by atoms with Crippen LogP contribution in [-0.4, -0.2) is 23.7 Å². The van der Waals surface area contributed by atoms with Gasteiger partial charge in [0.15, 0.2) is 5.60 Å². The minimum absolute atomic E-state index is 0.147. The maximum absolute atomic E-state index is 11.3. The van der Waals surface area contributed by atoms with Crippen molar-refractivity contribution in [2.45, 2.75) is 18.6 Å². The Morgan fingerprint density at radius 3 is 2.07 bits per heavy atom. The minimum atomic E-state index is -1.13. The first-order valence-electron chi connectivity index (χ1n) is 9.09. The molecular weight excluding hydrogens is 354 g/mol. The van der Waals surface area contributed by atoms with Crippen LogP contribution in [0.3, 0.4) is 0 Å². The molecule has 0 aliphatic carbocycles. The molecule has 0 fully saturated rings. The minimum Gasteiger partial charge on any atom is -0.480 e. The first-order chi connectivity index (χ1) is 13.5. The van der Waals surface area contributed by atoms with Gasteiger partial charge in [0, 0.05) is 11.1 Å². The quantitative estimate of drug-likeness (QED) is 0.708. The fraction of sp³-hybridized carbons (Fsp3) is 0.174. The standard InChI is InChI=1S/C23H21NO4/c1-15-10-12-16(13-11-15)23(27-14-19(24)22(25)26)17-6-2-4-8-20(17)28-21-9-5-3-7-18(21)23/h2-13,19H,14,24H2,1H3,(H,25,26)/t19-/m1/s1. The molecule has 0 radical (unpaired) electrons. The first-order valence-corrected chi connectivity index (χ1v) is 9.09. The maximum Gasteiger partial charge on any atom is 0.322 e. The molecule has 3 aromatic carbocycles. The van der Waals surface area contributed by atoms with E-state index in [-0.39, 0.29) is 6.61 Å². The van der Waals surface area contributed by atoms with Gasteiger partial charge in [0.05, 0.1) is 6.61 Å². The highest BCUT2D eigenvalue weighted by Gasteiger charge is 2.45. The second kappa shape index (κ2) is 7.11. The average molecular weight is 375 g/mol. The molecule has 0 bridgehead atoms. The van der Waals surface area contributed by atoms with Gasteiger partial charge < -0.3 is 20.3 Å². The number of aryl methyl sites for hydroxylation is 1. The van der Waals surface area contributed by atoms with Crippen molar-refractivity contribution in [2.75, 3.05) is 6.61 Å². The topological polar surface area (TPSA) is 81.8 Å². The Morgan fingerprint density at radius 1 is 1.00 bits per heavy atom. The molecule has 3 N–H and O–H groups in total. The first kappa shape index (κ1) is 18.2. The number of fused-ring (bicyclic) bond motifs is 2. The van der Waals surface area contributed by atoms with Crippen LogP contribution in [0.15, 0.2) is 72.8 Å². The van der Waals surface area contributed by atoms with Crippen molar-refractivity contribution in [3.8, 4) is 11.5 Å². The lowest BCUT2D eigenvalue weighted by Gasteiger charge is -2.40. The summed E-state index contributed by atoms with van der Waals surface area (Å²) >= 11 is 0. The van der Waals surface area contributed by atoms with Gasteiger partial charge in [-0.1, -0.05) is 66.2 Å². The largest absolute Gasteiger partial charge is 0.480 e. The SMILES string of the molecule is Cc1ccc(C2(OC[C@@H](N)C(=O)O)c3ccccc3Oc3ccccc32)cc1. The Morgan fingerprint density at radius 2 is 1.54 bits per heavy atom. The highest BCUT2D eigenvalue weighted by molar-refractivity contribution is 5.73. The summed E-state index contributed by atoms with van der Waals surface area (Å²) in [5.74, 6) is 0.240. The molecule has 1 aliphatic heterocycles. The molecular formula is C23H21NO4. The van der Waals surface area contributed by atoms with Gasteiger partial charge in [0.1, 0.15) is 17.5 Å². The number of nitrogens with two attached hydrogens (primary N) is 1. The van der Waals surface area contributed by atoms with E-state index in [1.165, 1.54) is 0 Å². The molecule has 4 rings (SSSR count). The van der Waals surface area contributed by atoms with Crippen LogP contribution in [-0.2, 0) is 15.1 Å². The number of hydrogen-bond donors (Lipinski definition) is 2. The van der Waals surface area contributed by atoms with Gasteiger partial charge in [0.2, 0.25) is 0 Å². The van der Waals surface area contributed by atoms with Crippen LogP contribution >= 0.6 is 0 Å². The zero-order valence-corrected chi connectivity index (χ0v) is 15.5. The van der Waals surface area contributed by atoms with E-state index in [1.54, 1.807) is 0 Å². The van der Waals surface area contributed by atoms with E-state index >= 15 is 0 Å². The molecule has 142 valence electrons. The Labute approximate surface area is 163 Å². The molecule has 0 saturated heterocycles. The number of carboxylic acid groups (broad SMARTS) is 1. The van der Waals surface area contributed by atoms with Gasteiger partial charge in [-0.05, 0) is 24.6 Å². The average Bonchev–Trinajstić information content (AvgIpc) is 2.71. The van der Waals surface area contributed by atoms with Crippen LogP contribution in [0.4, 0.5) is 0 Å². The van der Waals surface area contributed by atoms with Crippen molar-refractivity contribution in [3.63, 3.8) is 0 Å². The molecule has 0 spiro atoms. The maximum atomic E-state index is 11.3. The molecule has 0 amide bonds. The normalized spacial score (nSPS) is 15.1. The summed E-state index contributed by atoms with van der Waals surface area (Å²) in [4.78, 5) is 11.3. The lowest BCUT2D eigenvalue weighted by atomic mass is 9.77. The number of carbonyl (C=O) groups is 1. The Hall–Kier alpha value is -3.15. The lowest BCUT2D eigenvalue weighted by Crippen LogP contribution is -2.42. The molecule has 5 nitrogen and oxygen atoms in total. The second-order valence-electron chi connectivity index (χ2n) is 6.90. The number of para-hydroxylation sites is 2. The van der Waals surface area contributed by atoms with Crippen LogP contribution in [0.25, 0.3) is 0 Å². The summed E-state index contributed by atoms with van der Waals surface area (Å²) < 4.78 is 12.5. The number of benzene rings is 3. The number of ether oxygens (including phenoxy) is 2. The monoisotopic (exact) mass is 375 g/mol. The zero-order chi connectivity index (χ0) is 19.7. The number of aliphatic carboxylic acids is 1. The van der Waals surface area contributed by atoms with Crippen molar-refractivity contribution in [3.05, 3.63) is 95.1 Å². The van der Waals surface area contributed by atoms with Gasteiger partial charge >= 0.3 is 5.97 Å². The highest BCUT2D eigenvalue weighted by atomic mass is 16.5. The highest BCUT2D eigenvalue weighted by Crippen LogP contribution is 2.52. The van der Waals surface area contributed by atoms with Crippen molar-refractivity contribution >= 4 is 5.97 Å². The van der Waals surface area contributed by atoms with Gasteiger partial charge in [-0.3, -0.25) is 4.79 Å². The molecule has 1 atom stereocenters. The van der Waals surface area contributed by atoms with E-state index in [4.69, 9.17) is 15.2 Å². The Bertz CT molecular complexity index is 968. The third kappa shape index (κ3) is 2.95. The van der Waals surface area contributed by atoms with Crippen molar-refractivity contribution < 1.29 is 19.4 Å². The van der Waals surface area contributed by atoms with Crippen LogP contribution in [0.2, 0.25) is 0 Å². The second-order valence-corrected chi connectivity index (χ2v) is 6.90. The fourth-order valence-corrected chi connectivity index (χ4v) is 3.58. The summed E-state index contributed by atoms with van der Waals surface area (Å²) in [7, 11) is 0. The van der Waals surface area contributed by atoms with Gasteiger partial charge in [-0.25, -0.2) is 0 Å². The molecule has 0 unspecified atom stereocenters. The number of hydrogen-bond acceptors (Lipinski definition) is 4. The molecule has 0 aromatic heterocycles. The summed E-state index contributed by atoms with van der Waals surface area (Å²) in [5.41, 5.74) is 8.40. The third-order valence-corrected chi connectivity index (χ3v) is 5.01. The van der Waals surface area contributed by atoms with Gasteiger partial charge in [-0.2, -0.15) is 0 Å². The van der Waals surface area contributed by atoms with Gasteiger partial charge in [0.25, 0.3) is 0 Å². The molecule has 28 heavy (non-hydrogen) atoms. The molecule has 1 aliphatic rings. The van der Waals surface area contributed by atoms with Crippen molar-refractivity contribution in [2.24, 2.45) is 5.73 Å². The molecule has 0 saturated carbocycles. The molecule has 3 aromatic rings. The van der Waals surface area contributed by atoms with Crippen LogP contribution < -0.4 is 10.5 Å². The Balaban J connectivity index is 1.97. The third-order valence-electron chi connectivity index (χ3n) is 5.01. The molecule has 5 heteroatoms. The van der Waals surface area contributed by atoms with E-state index in [0.717, 1.165) is 22.3 Å². The lowest BCUT2D eigenvalue weighted by molar-refractivity contribution is -0.141. The fourth-order valence-electron chi connectivity index (χ4n) is 3.58. The van der Waals surface area contributed by atoms with Crippen LogP contribution in [0.5, 0.6) is 11.5 Å². The Kier molecular flexibility index (Phi) is 4.63. The predicted molar refractivity (Wildman–Crippen MR) is 106 cm³/mol. The summed E-state index contributed by atoms with van der Waals surface area (Å²) in [5, 5.41) is 9.26. The van der Waals surface area contributed by atoms with E-state index in [2.05, 4.69) is 0 Å². The van der Waals surface area contributed by atoms with Crippen LogP contribution in [0.1, 0.15) is 22.3 Å². The van der Waals surface area contributed by atoms with Crippen molar-refractivity contribution in [1.29, 1.82) is 0 Å². The van der Waals surface area contributed by atoms with E-state index in [0.29, 0.717) is 11.5 Å². The summed E-state index contributed by atoms with van der Waals surface area (Å²) in [6.07, 6.45) is 0. The summed E-state index contributed by atoms with van der Waals surface area (Å²) in [6, 6.07) is 22.2. The predicted octanol–water partition coefficient (Wildman–Crippen LogP) is 3.82. The smallest absolute Gasteiger partial charge is 0.322 e. The van der Waals surface area contributed by atoms with E-state index < -0.39 is 17.6 Å². The number of carboxylic acids is 1.